The zero-order chi connectivity index (χ0) is 9.84. The summed E-state index contributed by atoms with van der Waals surface area (Å²) in [4.78, 5) is 20.5. The van der Waals surface area contributed by atoms with Crippen LogP contribution in [0.1, 0.15) is 19.4 Å². The second kappa shape index (κ2) is 3.89. The van der Waals surface area contributed by atoms with E-state index < -0.39 is 0 Å². The van der Waals surface area contributed by atoms with Gasteiger partial charge in [-0.1, -0.05) is 13.8 Å². The van der Waals surface area contributed by atoms with Crippen molar-refractivity contribution in [3.05, 3.63) is 28.4 Å². The molecule has 4 nitrogen and oxygen atoms in total. The number of aromatic amines is 2. The van der Waals surface area contributed by atoms with E-state index in [-0.39, 0.29) is 5.56 Å². The Balaban J connectivity index is 0.000000396. The Kier molecular flexibility index (Phi) is 2.84. The number of aromatic nitrogens is 3. The fraction of sp³-hybridized carbons (Fsp3) is 0.333. The van der Waals surface area contributed by atoms with Crippen molar-refractivity contribution < 1.29 is 0 Å². The average molecular weight is 179 g/mol. The van der Waals surface area contributed by atoms with Crippen LogP contribution in [0.25, 0.3) is 11.0 Å². The van der Waals surface area contributed by atoms with Crippen molar-refractivity contribution in [1.29, 1.82) is 0 Å². The van der Waals surface area contributed by atoms with Crippen LogP contribution in [0.3, 0.4) is 0 Å². The van der Waals surface area contributed by atoms with E-state index in [0.717, 1.165) is 5.56 Å². The normalized spacial score (nSPS) is 9.46. The topological polar surface area (TPSA) is 61.5 Å². The van der Waals surface area contributed by atoms with E-state index in [9.17, 15) is 4.79 Å². The molecule has 0 spiro atoms. The molecule has 70 valence electrons. The van der Waals surface area contributed by atoms with Gasteiger partial charge in [0.25, 0.3) is 5.56 Å². The molecule has 0 saturated heterocycles. The molecule has 0 aliphatic rings. The van der Waals surface area contributed by atoms with E-state index in [4.69, 9.17) is 0 Å². The summed E-state index contributed by atoms with van der Waals surface area (Å²) in [5, 5.41) is 0.646. The lowest BCUT2D eigenvalue weighted by molar-refractivity contribution is 1.16. The van der Waals surface area contributed by atoms with Gasteiger partial charge in [0, 0.05) is 6.20 Å². The van der Waals surface area contributed by atoms with Crippen LogP contribution in [0.5, 0.6) is 0 Å². The lowest BCUT2D eigenvalue weighted by atomic mass is 10.3. The Labute approximate surface area is 76.0 Å². The van der Waals surface area contributed by atoms with Crippen molar-refractivity contribution in [3.8, 4) is 0 Å². The molecule has 4 heteroatoms. The maximum absolute atomic E-state index is 11.1. The van der Waals surface area contributed by atoms with Gasteiger partial charge in [-0.05, 0) is 12.5 Å². The second-order valence-electron chi connectivity index (χ2n) is 2.43. The first-order valence-corrected chi connectivity index (χ1v) is 4.30. The number of aryl methyl sites for hydroxylation is 1. The van der Waals surface area contributed by atoms with Crippen LogP contribution in [0.15, 0.2) is 17.3 Å². The Bertz CT molecular complexity index is 441. The van der Waals surface area contributed by atoms with Crippen molar-refractivity contribution in [2.24, 2.45) is 0 Å². The van der Waals surface area contributed by atoms with Crippen LogP contribution in [0.4, 0.5) is 0 Å². The molecule has 0 aromatic carbocycles. The minimum absolute atomic E-state index is 0.0891. The molecule has 0 bridgehead atoms. The van der Waals surface area contributed by atoms with E-state index in [0.29, 0.717) is 11.0 Å². The number of nitrogens with zero attached hydrogens (tertiary/aromatic N) is 1. The van der Waals surface area contributed by atoms with E-state index in [1.54, 1.807) is 6.20 Å². The fourth-order valence-corrected chi connectivity index (χ4v) is 1.12. The smallest absolute Gasteiger partial charge is 0.260 e. The summed E-state index contributed by atoms with van der Waals surface area (Å²) in [7, 11) is 0. The molecule has 2 heterocycles. The fourth-order valence-electron chi connectivity index (χ4n) is 1.12. The minimum Gasteiger partial charge on any atom is -0.346 e. The van der Waals surface area contributed by atoms with Gasteiger partial charge in [-0.15, -0.1) is 0 Å². The molecular weight excluding hydrogens is 166 g/mol. The number of nitrogens with one attached hydrogen (secondary N) is 2. The van der Waals surface area contributed by atoms with Crippen molar-refractivity contribution >= 4 is 11.0 Å². The predicted molar refractivity (Wildman–Crippen MR) is 52.8 cm³/mol. The third kappa shape index (κ3) is 1.61. The Morgan fingerprint density at radius 3 is 2.62 bits per heavy atom. The minimum atomic E-state index is -0.0891. The molecule has 2 rings (SSSR count). The second-order valence-corrected chi connectivity index (χ2v) is 2.43. The van der Waals surface area contributed by atoms with E-state index >= 15 is 0 Å². The standard InChI is InChI=1S/C7H7N3O.C2H6/c1-4-2-8-6-5(4)7(11)10-3-9-6;1-2/h2-3H,1H3,(H2,8,9,10,11);1-2H3. The molecule has 2 N–H and O–H groups in total. The SMILES string of the molecule is CC.Cc1c[nH]c2nc[nH]c(=O)c12. The average Bonchev–Trinajstić information content (AvgIpc) is 2.53. The van der Waals surface area contributed by atoms with Gasteiger partial charge in [-0.3, -0.25) is 4.79 Å². The summed E-state index contributed by atoms with van der Waals surface area (Å²) in [6.45, 7) is 5.87. The van der Waals surface area contributed by atoms with Crippen LogP contribution < -0.4 is 5.56 Å². The maximum Gasteiger partial charge on any atom is 0.260 e. The zero-order valence-electron chi connectivity index (χ0n) is 8.01. The third-order valence-corrected chi connectivity index (χ3v) is 1.67. The highest BCUT2D eigenvalue weighted by Crippen LogP contribution is 2.07. The molecule has 0 fully saturated rings. The molecule has 13 heavy (non-hydrogen) atoms. The Morgan fingerprint density at radius 1 is 1.31 bits per heavy atom. The Morgan fingerprint density at radius 2 is 2.00 bits per heavy atom. The zero-order valence-corrected chi connectivity index (χ0v) is 8.01. The van der Waals surface area contributed by atoms with Gasteiger partial charge in [0.2, 0.25) is 0 Å². The summed E-state index contributed by atoms with van der Waals surface area (Å²) < 4.78 is 0. The maximum atomic E-state index is 11.1. The van der Waals surface area contributed by atoms with Gasteiger partial charge in [0.05, 0.1) is 11.7 Å². The molecule has 0 saturated carbocycles. The highest BCUT2D eigenvalue weighted by molar-refractivity contribution is 5.77. The first-order chi connectivity index (χ1) is 6.29. The number of hydrogen-bond donors (Lipinski definition) is 2. The molecule has 0 unspecified atom stereocenters. The quantitative estimate of drug-likeness (QED) is 0.645. The highest BCUT2D eigenvalue weighted by atomic mass is 16.1. The van der Waals surface area contributed by atoms with Crippen LogP contribution in [-0.4, -0.2) is 15.0 Å². The third-order valence-electron chi connectivity index (χ3n) is 1.67. The highest BCUT2D eigenvalue weighted by Gasteiger charge is 2.02. The largest absolute Gasteiger partial charge is 0.346 e. The summed E-state index contributed by atoms with van der Waals surface area (Å²) in [6.07, 6.45) is 3.16. The lowest BCUT2D eigenvalue weighted by Crippen LogP contribution is -2.05. The van der Waals surface area contributed by atoms with Gasteiger partial charge in [0.1, 0.15) is 5.65 Å². The Hall–Kier alpha value is -1.58. The molecular formula is C9H13N3O. The van der Waals surface area contributed by atoms with Crippen LogP contribution >= 0.6 is 0 Å². The number of rotatable bonds is 0. The monoisotopic (exact) mass is 179 g/mol. The van der Waals surface area contributed by atoms with Crippen LogP contribution in [-0.2, 0) is 0 Å². The molecule has 0 aliphatic heterocycles. The molecule has 0 radical (unpaired) electrons. The van der Waals surface area contributed by atoms with E-state index in [1.165, 1.54) is 6.33 Å². The van der Waals surface area contributed by atoms with Crippen molar-refractivity contribution in [2.45, 2.75) is 20.8 Å². The van der Waals surface area contributed by atoms with Gasteiger partial charge in [0.15, 0.2) is 0 Å². The summed E-state index contributed by atoms with van der Waals surface area (Å²) >= 11 is 0. The van der Waals surface area contributed by atoms with Crippen LogP contribution in [0, 0.1) is 6.92 Å². The van der Waals surface area contributed by atoms with Gasteiger partial charge < -0.3 is 9.97 Å². The first-order valence-electron chi connectivity index (χ1n) is 4.30. The predicted octanol–water partition coefficient (Wildman–Crippen LogP) is 1.59. The summed E-state index contributed by atoms with van der Waals surface area (Å²) in [6, 6.07) is 0. The van der Waals surface area contributed by atoms with E-state index in [1.807, 2.05) is 20.8 Å². The van der Waals surface area contributed by atoms with Gasteiger partial charge in [-0.25, -0.2) is 4.98 Å². The molecule has 2 aromatic heterocycles. The van der Waals surface area contributed by atoms with Crippen molar-refractivity contribution in [3.63, 3.8) is 0 Å². The lowest BCUT2D eigenvalue weighted by Gasteiger charge is -1.86. The van der Waals surface area contributed by atoms with Crippen LogP contribution in [0.2, 0.25) is 0 Å². The summed E-state index contributed by atoms with van der Waals surface area (Å²) in [5.41, 5.74) is 1.48. The molecule has 0 amide bonds. The number of H-pyrrole nitrogens is 2. The van der Waals surface area contributed by atoms with Gasteiger partial charge in [-0.2, -0.15) is 0 Å². The number of fused-ring (bicyclic) bond motifs is 1. The summed E-state index contributed by atoms with van der Waals surface area (Å²) in [5.74, 6) is 0. The van der Waals surface area contributed by atoms with Crippen molar-refractivity contribution in [1.82, 2.24) is 15.0 Å². The van der Waals surface area contributed by atoms with Gasteiger partial charge >= 0.3 is 0 Å². The van der Waals surface area contributed by atoms with E-state index in [2.05, 4.69) is 15.0 Å². The number of hydrogen-bond acceptors (Lipinski definition) is 2. The molecule has 0 atom stereocenters. The molecule has 2 aromatic rings. The molecule has 0 aliphatic carbocycles. The first kappa shape index (κ1) is 9.51. The van der Waals surface area contributed by atoms with Crippen molar-refractivity contribution in [2.75, 3.05) is 0 Å².